The van der Waals surface area contributed by atoms with Gasteiger partial charge in [0.25, 0.3) is 5.91 Å². The van der Waals surface area contributed by atoms with Crippen LogP contribution in [0.5, 0.6) is 5.75 Å². The third kappa shape index (κ3) is 5.09. The Kier molecular flexibility index (Phi) is 6.87. The maximum Gasteiger partial charge on any atom is 0.253 e. The Morgan fingerprint density at radius 3 is 2.80 bits per heavy atom. The quantitative estimate of drug-likeness (QED) is 0.567. The van der Waals surface area contributed by atoms with Crippen LogP contribution >= 0.6 is 0 Å². The van der Waals surface area contributed by atoms with Crippen molar-refractivity contribution in [2.45, 2.75) is 39.2 Å². The summed E-state index contributed by atoms with van der Waals surface area (Å²) in [4.78, 5) is 12.0. The summed E-state index contributed by atoms with van der Waals surface area (Å²) in [5.41, 5.74) is 6.83. The lowest BCUT2D eigenvalue weighted by Crippen LogP contribution is -2.28. The predicted molar refractivity (Wildman–Crippen MR) is 81.0 cm³/mol. The molecule has 1 rings (SSSR count). The zero-order valence-electron chi connectivity index (χ0n) is 12.4. The molecule has 1 aromatic rings. The second-order valence-electron chi connectivity index (χ2n) is 4.67. The fourth-order valence-corrected chi connectivity index (χ4v) is 1.75. The van der Waals surface area contributed by atoms with Gasteiger partial charge in [0.05, 0.1) is 12.8 Å². The molecule has 1 aromatic carbocycles. The highest BCUT2D eigenvalue weighted by atomic mass is 16.5. The van der Waals surface area contributed by atoms with E-state index in [0.717, 1.165) is 19.3 Å². The van der Waals surface area contributed by atoms with Crippen molar-refractivity contribution < 1.29 is 14.3 Å². The van der Waals surface area contributed by atoms with E-state index in [2.05, 4.69) is 12.2 Å². The number of amides is 1. The third-order valence-corrected chi connectivity index (χ3v) is 2.97. The van der Waals surface area contributed by atoms with Crippen molar-refractivity contribution in [2.75, 3.05) is 24.8 Å². The summed E-state index contributed by atoms with van der Waals surface area (Å²) in [6, 6.07) is 5.11. The fraction of sp³-hybridized carbons (Fsp3) is 0.533. The van der Waals surface area contributed by atoms with Gasteiger partial charge in [0.2, 0.25) is 0 Å². The van der Waals surface area contributed by atoms with E-state index in [0.29, 0.717) is 23.7 Å². The highest BCUT2D eigenvalue weighted by Gasteiger charge is 2.15. The molecule has 0 fully saturated rings. The van der Waals surface area contributed by atoms with Gasteiger partial charge >= 0.3 is 0 Å². The Balaban J connectivity index is 2.54. The number of unbranched alkanes of at least 4 members (excludes halogenated alkanes) is 2. The molecule has 112 valence electrons. The maximum atomic E-state index is 12.0. The molecule has 5 nitrogen and oxygen atoms in total. The minimum atomic E-state index is -0.502. The first-order chi connectivity index (χ1) is 9.58. The summed E-state index contributed by atoms with van der Waals surface area (Å²) in [6.07, 6.45) is 2.70. The second-order valence-corrected chi connectivity index (χ2v) is 4.67. The molecule has 5 heteroatoms. The molecule has 0 radical (unpaired) electrons. The molecule has 1 atom stereocenters. The van der Waals surface area contributed by atoms with Gasteiger partial charge in [-0.05, 0) is 31.5 Å². The SMILES string of the molecule is CCCCCOC(C)C(=O)Nc1cc(N)ccc1OC. The van der Waals surface area contributed by atoms with Crippen LogP contribution in [0.3, 0.4) is 0 Å². The van der Waals surface area contributed by atoms with E-state index in [9.17, 15) is 4.79 Å². The van der Waals surface area contributed by atoms with Crippen LogP contribution in [0.25, 0.3) is 0 Å². The van der Waals surface area contributed by atoms with Crippen LogP contribution in [0.15, 0.2) is 18.2 Å². The van der Waals surface area contributed by atoms with Crippen molar-refractivity contribution in [3.63, 3.8) is 0 Å². The first-order valence-electron chi connectivity index (χ1n) is 6.94. The lowest BCUT2D eigenvalue weighted by atomic mass is 10.2. The number of hydrogen-bond donors (Lipinski definition) is 2. The van der Waals surface area contributed by atoms with Crippen LogP contribution in [0.2, 0.25) is 0 Å². The van der Waals surface area contributed by atoms with Gasteiger partial charge in [0.1, 0.15) is 11.9 Å². The molecule has 0 heterocycles. The number of nitrogens with one attached hydrogen (secondary N) is 1. The van der Waals surface area contributed by atoms with Gasteiger partial charge in [-0.25, -0.2) is 0 Å². The topological polar surface area (TPSA) is 73.6 Å². The maximum absolute atomic E-state index is 12.0. The molecule has 0 saturated carbocycles. The summed E-state index contributed by atoms with van der Waals surface area (Å²) in [5.74, 6) is 0.371. The molecule has 0 aliphatic rings. The number of methoxy groups -OCH3 is 1. The summed E-state index contributed by atoms with van der Waals surface area (Å²) in [7, 11) is 1.55. The Labute approximate surface area is 120 Å². The molecule has 20 heavy (non-hydrogen) atoms. The molecular weight excluding hydrogens is 256 g/mol. The lowest BCUT2D eigenvalue weighted by molar-refractivity contribution is -0.126. The van der Waals surface area contributed by atoms with Gasteiger partial charge < -0.3 is 20.5 Å². The number of nitrogen functional groups attached to an aromatic ring is 1. The average Bonchev–Trinajstić information content (AvgIpc) is 2.43. The highest BCUT2D eigenvalue weighted by molar-refractivity contribution is 5.95. The van der Waals surface area contributed by atoms with Crippen LogP contribution in [0.1, 0.15) is 33.1 Å². The number of rotatable bonds is 8. The number of ether oxygens (including phenoxy) is 2. The Morgan fingerprint density at radius 1 is 1.40 bits per heavy atom. The largest absolute Gasteiger partial charge is 0.495 e. The average molecular weight is 280 g/mol. The van der Waals surface area contributed by atoms with Gasteiger partial charge in [-0.1, -0.05) is 19.8 Å². The molecule has 0 bridgehead atoms. The summed E-state index contributed by atoms with van der Waals surface area (Å²) in [5, 5.41) is 2.77. The summed E-state index contributed by atoms with van der Waals surface area (Å²) < 4.78 is 10.7. The van der Waals surface area contributed by atoms with Gasteiger partial charge in [-0.15, -0.1) is 0 Å². The molecule has 0 aromatic heterocycles. The number of nitrogens with two attached hydrogens (primary N) is 1. The lowest BCUT2D eigenvalue weighted by Gasteiger charge is -2.15. The summed E-state index contributed by atoms with van der Waals surface area (Å²) >= 11 is 0. The summed E-state index contributed by atoms with van der Waals surface area (Å²) in [6.45, 7) is 4.46. The van der Waals surface area contributed by atoms with Crippen LogP contribution in [0, 0.1) is 0 Å². The van der Waals surface area contributed by atoms with E-state index in [-0.39, 0.29) is 5.91 Å². The smallest absolute Gasteiger partial charge is 0.253 e. The normalized spacial score (nSPS) is 11.9. The van der Waals surface area contributed by atoms with Crippen molar-refractivity contribution in [3.05, 3.63) is 18.2 Å². The van der Waals surface area contributed by atoms with Crippen LogP contribution in [0.4, 0.5) is 11.4 Å². The van der Waals surface area contributed by atoms with Crippen molar-refractivity contribution in [3.8, 4) is 5.75 Å². The Bertz CT molecular complexity index is 435. The molecule has 3 N–H and O–H groups in total. The van der Waals surface area contributed by atoms with E-state index in [1.165, 1.54) is 0 Å². The number of benzene rings is 1. The molecular formula is C15H24N2O3. The van der Waals surface area contributed by atoms with E-state index in [4.69, 9.17) is 15.2 Å². The zero-order valence-corrected chi connectivity index (χ0v) is 12.4. The first kappa shape index (κ1) is 16.3. The number of carbonyl (C=O) groups excluding carboxylic acids is 1. The molecule has 0 saturated heterocycles. The number of hydrogen-bond acceptors (Lipinski definition) is 4. The Morgan fingerprint density at radius 2 is 2.15 bits per heavy atom. The molecule has 1 amide bonds. The second kappa shape index (κ2) is 8.43. The van der Waals surface area contributed by atoms with E-state index in [1.54, 1.807) is 32.2 Å². The highest BCUT2D eigenvalue weighted by Crippen LogP contribution is 2.26. The third-order valence-electron chi connectivity index (χ3n) is 2.97. The zero-order chi connectivity index (χ0) is 15.0. The standard InChI is InChI=1S/C15H24N2O3/c1-4-5-6-9-20-11(2)15(18)17-13-10-12(16)7-8-14(13)19-3/h7-8,10-11H,4-6,9,16H2,1-3H3,(H,17,18). The van der Waals surface area contributed by atoms with Gasteiger partial charge in [-0.2, -0.15) is 0 Å². The van der Waals surface area contributed by atoms with E-state index >= 15 is 0 Å². The number of carbonyl (C=O) groups is 1. The van der Waals surface area contributed by atoms with Crippen LogP contribution < -0.4 is 15.8 Å². The minimum absolute atomic E-state index is 0.203. The molecule has 0 aliphatic carbocycles. The van der Waals surface area contributed by atoms with Crippen molar-refractivity contribution in [1.82, 2.24) is 0 Å². The van der Waals surface area contributed by atoms with Gasteiger partial charge in [-0.3, -0.25) is 4.79 Å². The van der Waals surface area contributed by atoms with Gasteiger partial charge in [0, 0.05) is 12.3 Å². The fourth-order valence-electron chi connectivity index (χ4n) is 1.75. The van der Waals surface area contributed by atoms with E-state index < -0.39 is 6.10 Å². The minimum Gasteiger partial charge on any atom is -0.495 e. The van der Waals surface area contributed by atoms with Crippen LogP contribution in [-0.4, -0.2) is 25.7 Å². The van der Waals surface area contributed by atoms with Crippen molar-refractivity contribution >= 4 is 17.3 Å². The molecule has 1 unspecified atom stereocenters. The van der Waals surface area contributed by atoms with Crippen molar-refractivity contribution in [1.29, 1.82) is 0 Å². The molecule has 0 aliphatic heterocycles. The van der Waals surface area contributed by atoms with Crippen molar-refractivity contribution in [2.24, 2.45) is 0 Å². The first-order valence-corrected chi connectivity index (χ1v) is 6.94. The van der Waals surface area contributed by atoms with Crippen LogP contribution in [-0.2, 0) is 9.53 Å². The van der Waals surface area contributed by atoms with E-state index in [1.807, 2.05) is 0 Å². The van der Waals surface area contributed by atoms with Gasteiger partial charge in [0.15, 0.2) is 0 Å². The predicted octanol–water partition coefficient (Wildman–Crippen LogP) is 2.81. The Hall–Kier alpha value is -1.75. The molecule has 0 spiro atoms. The monoisotopic (exact) mass is 280 g/mol. The number of anilines is 2.